The van der Waals surface area contributed by atoms with Gasteiger partial charge in [-0.2, -0.15) is 0 Å². The van der Waals surface area contributed by atoms with Gasteiger partial charge in [0.25, 0.3) is 0 Å². The molecule has 144 valence electrons. The Morgan fingerprint density at radius 2 is 1.77 bits per heavy atom. The van der Waals surface area contributed by atoms with Crippen molar-refractivity contribution in [2.45, 2.75) is 51.7 Å². The number of hydrogen-bond donors (Lipinski definition) is 1. The highest BCUT2D eigenvalue weighted by Crippen LogP contribution is 2.19. The second-order valence-electron chi connectivity index (χ2n) is 7.28. The highest BCUT2D eigenvalue weighted by Gasteiger charge is 2.22. The SMILES string of the molecule is C=C.CC(C)(C)OC(=O)NC(CCN1CCC(=O)CC1)c1ccccc1. The lowest BCUT2D eigenvalue weighted by Gasteiger charge is -2.29. The van der Waals surface area contributed by atoms with Crippen LogP contribution in [0.4, 0.5) is 4.79 Å². The van der Waals surface area contributed by atoms with E-state index in [0.717, 1.165) is 31.6 Å². The first kappa shape index (κ1) is 21.9. The number of carbonyl (C=O) groups is 2. The van der Waals surface area contributed by atoms with Crippen molar-refractivity contribution in [1.82, 2.24) is 10.2 Å². The van der Waals surface area contributed by atoms with Crippen molar-refractivity contribution in [3.8, 4) is 0 Å². The van der Waals surface area contributed by atoms with Crippen molar-refractivity contribution in [3.63, 3.8) is 0 Å². The van der Waals surface area contributed by atoms with Crippen LogP contribution in [0.15, 0.2) is 43.5 Å². The minimum Gasteiger partial charge on any atom is -0.444 e. The molecular weight excluding hydrogens is 328 g/mol. The van der Waals surface area contributed by atoms with Gasteiger partial charge in [0.15, 0.2) is 0 Å². The number of likely N-dealkylation sites (tertiary alicyclic amines) is 1. The minimum atomic E-state index is -0.515. The van der Waals surface area contributed by atoms with E-state index in [4.69, 9.17) is 4.74 Å². The van der Waals surface area contributed by atoms with Gasteiger partial charge in [0, 0.05) is 32.5 Å². The average molecular weight is 360 g/mol. The number of Topliss-reactive ketones (excluding diaryl/α,β-unsaturated/α-hetero) is 1. The second-order valence-corrected chi connectivity index (χ2v) is 7.28. The van der Waals surface area contributed by atoms with Gasteiger partial charge in [0.2, 0.25) is 0 Å². The molecular formula is C21H32N2O3. The maximum Gasteiger partial charge on any atom is 0.408 e. The molecule has 1 aliphatic heterocycles. The van der Waals surface area contributed by atoms with Gasteiger partial charge in [-0.15, -0.1) is 13.2 Å². The second kappa shape index (κ2) is 10.8. The van der Waals surface area contributed by atoms with Crippen LogP contribution in [0.2, 0.25) is 0 Å². The van der Waals surface area contributed by atoms with E-state index >= 15 is 0 Å². The summed E-state index contributed by atoms with van der Waals surface area (Å²) < 4.78 is 5.39. The highest BCUT2D eigenvalue weighted by atomic mass is 16.6. The van der Waals surface area contributed by atoms with Crippen LogP contribution in [-0.2, 0) is 9.53 Å². The van der Waals surface area contributed by atoms with Crippen LogP contribution in [0.5, 0.6) is 0 Å². The van der Waals surface area contributed by atoms with Crippen molar-refractivity contribution >= 4 is 11.9 Å². The molecule has 1 aliphatic rings. The first-order valence-corrected chi connectivity index (χ1v) is 9.12. The molecule has 5 heteroatoms. The Morgan fingerprint density at radius 3 is 2.31 bits per heavy atom. The first-order valence-electron chi connectivity index (χ1n) is 9.12. The first-order chi connectivity index (χ1) is 12.3. The monoisotopic (exact) mass is 360 g/mol. The van der Waals surface area contributed by atoms with E-state index in [9.17, 15) is 9.59 Å². The number of rotatable bonds is 5. The van der Waals surface area contributed by atoms with E-state index in [1.807, 2.05) is 51.1 Å². The maximum absolute atomic E-state index is 12.1. The molecule has 0 radical (unpaired) electrons. The van der Waals surface area contributed by atoms with Gasteiger partial charge < -0.3 is 15.0 Å². The van der Waals surface area contributed by atoms with Crippen LogP contribution >= 0.6 is 0 Å². The summed E-state index contributed by atoms with van der Waals surface area (Å²) >= 11 is 0. The van der Waals surface area contributed by atoms with Crippen LogP contribution in [0.3, 0.4) is 0 Å². The molecule has 0 spiro atoms. The van der Waals surface area contributed by atoms with Gasteiger partial charge in [0.1, 0.15) is 11.4 Å². The average Bonchev–Trinajstić information content (AvgIpc) is 2.61. The summed E-state index contributed by atoms with van der Waals surface area (Å²) in [5.74, 6) is 0.345. The predicted octanol–water partition coefficient (Wildman–Crippen LogP) is 4.11. The number of hydrogen-bond acceptors (Lipinski definition) is 4. The number of ether oxygens (including phenoxy) is 1. The molecule has 1 unspecified atom stereocenters. The fourth-order valence-electron chi connectivity index (χ4n) is 2.80. The zero-order valence-electron chi connectivity index (χ0n) is 16.3. The van der Waals surface area contributed by atoms with E-state index in [2.05, 4.69) is 23.4 Å². The molecule has 1 atom stereocenters. The van der Waals surface area contributed by atoms with Crippen molar-refractivity contribution in [3.05, 3.63) is 49.1 Å². The largest absolute Gasteiger partial charge is 0.444 e. The third-order valence-corrected chi connectivity index (χ3v) is 4.04. The number of piperidine rings is 1. The smallest absolute Gasteiger partial charge is 0.408 e. The van der Waals surface area contributed by atoms with E-state index in [-0.39, 0.29) is 6.04 Å². The van der Waals surface area contributed by atoms with Gasteiger partial charge >= 0.3 is 6.09 Å². The molecule has 0 bridgehead atoms. The predicted molar refractivity (Wildman–Crippen MR) is 105 cm³/mol. The zero-order chi connectivity index (χ0) is 19.6. The van der Waals surface area contributed by atoms with Crippen molar-refractivity contribution < 1.29 is 14.3 Å². The molecule has 1 fully saturated rings. The molecule has 0 aromatic heterocycles. The lowest BCUT2D eigenvalue weighted by molar-refractivity contribution is -0.121. The van der Waals surface area contributed by atoms with Crippen molar-refractivity contribution in [2.75, 3.05) is 19.6 Å². The molecule has 0 saturated carbocycles. The Balaban J connectivity index is 0.00000163. The van der Waals surface area contributed by atoms with Gasteiger partial charge in [-0.1, -0.05) is 30.3 Å². The van der Waals surface area contributed by atoms with E-state index in [1.165, 1.54) is 0 Å². The summed E-state index contributed by atoms with van der Waals surface area (Å²) in [5, 5.41) is 2.98. The van der Waals surface area contributed by atoms with E-state index in [0.29, 0.717) is 18.6 Å². The summed E-state index contributed by atoms with van der Waals surface area (Å²) in [6.45, 7) is 14.0. The van der Waals surface area contributed by atoms with Crippen LogP contribution < -0.4 is 5.32 Å². The lowest BCUT2D eigenvalue weighted by atomic mass is 10.0. The summed E-state index contributed by atoms with van der Waals surface area (Å²) in [5.41, 5.74) is 0.551. The van der Waals surface area contributed by atoms with Gasteiger partial charge in [-0.05, 0) is 32.8 Å². The quantitative estimate of drug-likeness (QED) is 0.803. The molecule has 1 saturated heterocycles. The Morgan fingerprint density at radius 1 is 1.19 bits per heavy atom. The third kappa shape index (κ3) is 8.30. The Kier molecular flexibility index (Phi) is 9.07. The van der Waals surface area contributed by atoms with E-state index < -0.39 is 11.7 Å². The number of carbonyl (C=O) groups excluding carboxylic acids is 2. The van der Waals surface area contributed by atoms with E-state index in [1.54, 1.807) is 0 Å². The molecule has 1 amide bonds. The van der Waals surface area contributed by atoms with Crippen molar-refractivity contribution in [1.29, 1.82) is 0 Å². The molecule has 2 rings (SSSR count). The van der Waals surface area contributed by atoms with Crippen LogP contribution in [-0.4, -0.2) is 42.0 Å². The molecule has 5 nitrogen and oxygen atoms in total. The number of alkyl carbamates (subject to hydrolysis) is 1. The number of amides is 1. The Hall–Kier alpha value is -2.14. The number of nitrogens with zero attached hydrogens (tertiary/aromatic N) is 1. The summed E-state index contributed by atoms with van der Waals surface area (Å²) in [7, 11) is 0. The number of ketones is 1. The number of benzene rings is 1. The highest BCUT2D eigenvalue weighted by molar-refractivity contribution is 5.79. The van der Waals surface area contributed by atoms with Gasteiger partial charge in [0.05, 0.1) is 6.04 Å². The Bertz CT molecular complexity index is 556. The fraction of sp³-hybridized carbons (Fsp3) is 0.524. The van der Waals surface area contributed by atoms with Crippen molar-refractivity contribution in [2.24, 2.45) is 0 Å². The summed E-state index contributed by atoms with van der Waals surface area (Å²) in [4.78, 5) is 25.8. The molecule has 1 aromatic rings. The van der Waals surface area contributed by atoms with Gasteiger partial charge in [-0.3, -0.25) is 4.79 Å². The fourth-order valence-corrected chi connectivity index (χ4v) is 2.80. The minimum absolute atomic E-state index is 0.0984. The summed E-state index contributed by atoms with van der Waals surface area (Å²) in [6.07, 6.45) is 1.66. The Labute approximate surface area is 157 Å². The normalized spacial score (nSPS) is 16.2. The van der Waals surface area contributed by atoms with Gasteiger partial charge in [-0.25, -0.2) is 4.79 Å². The number of nitrogens with one attached hydrogen (secondary N) is 1. The topological polar surface area (TPSA) is 58.6 Å². The molecule has 1 N–H and O–H groups in total. The van der Waals surface area contributed by atoms with Crippen LogP contribution in [0.1, 0.15) is 51.6 Å². The summed E-state index contributed by atoms with van der Waals surface area (Å²) in [6, 6.07) is 9.84. The van der Waals surface area contributed by atoms with Crippen LogP contribution in [0, 0.1) is 0 Å². The molecule has 1 aromatic carbocycles. The molecule has 1 heterocycles. The molecule has 26 heavy (non-hydrogen) atoms. The van der Waals surface area contributed by atoms with Crippen LogP contribution in [0.25, 0.3) is 0 Å². The third-order valence-electron chi connectivity index (χ3n) is 4.04. The maximum atomic E-state index is 12.1. The molecule has 0 aliphatic carbocycles. The lowest BCUT2D eigenvalue weighted by Crippen LogP contribution is -2.38. The zero-order valence-corrected chi connectivity index (χ0v) is 16.3. The standard InChI is InChI=1S/C19H28N2O3.C2H4/c1-19(2,3)24-18(23)20-17(15-7-5-4-6-8-15)11-14-21-12-9-16(22)10-13-21;1-2/h4-8,17H,9-14H2,1-3H3,(H,20,23);1-2H2.